The maximum Gasteiger partial charge on any atom is 0.253 e. The quantitative estimate of drug-likeness (QED) is 0.683. The molecule has 2 heterocycles. The van der Waals surface area contributed by atoms with Crippen LogP contribution in [0.3, 0.4) is 0 Å². The molecule has 0 radical (unpaired) electrons. The summed E-state index contributed by atoms with van der Waals surface area (Å²) in [6.07, 6.45) is 3.43. The molecule has 0 bridgehead atoms. The van der Waals surface area contributed by atoms with Gasteiger partial charge in [-0.15, -0.1) is 11.3 Å². The molecule has 0 saturated carbocycles. The number of nitriles is 1. The summed E-state index contributed by atoms with van der Waals surface area (Å²) in [4.78, 5) is 16.3. The highest BCUT2D eigenvalue weighted by Crippen LogP contribution is 2.33. The van der Waals surface area contributed by atoms with E-state index < -0.39 is 0 Å². The van der Waals surface area contributed by atoms with Crippen molar-refractivity contribution in [3.63, 3.8) is 0 Å². The average molecular weight is 376 g/mol. The van der Waals surface area contributed by atoms with Gasteiger partial charge in [0.05, 0.1) is 20.5 Å². The molecular weight excluding hydrogens is 365 g/mol. The number of carbonyl (C=O) groups is 1. The molecule has 0 aliphatic rings. The van der Waals surface area contributed by atoms with Crippen LogP contribution in [0.2, 0.25) is 9.36 Å². The minimum Gasteiger partial charge on any atom is -0.366 e. The average Bonchev–Trinajstić information content (AvgIpc) is 3.21. The van der Waals surface area contributed by atoms with Gasteiger partial charge in [0.2, 0.25) is 0 Å². The molecule has 0 aliphatic carbocycles. The number of nitrogens with one attached hydrogen (secondary N) is 2. The lowest BCUT2D eigenvalue weighted by Crippen LogP contribution is -2.22. The van der Waals surface area contributed by atoms with Crippen LogP contribution in [0.1, 0.15) is 21.5 Å². The lowest BCUT2D eigenvalue weighted by Gasteiger charge is -2.07. The minimum absolute atomic E-state index is 0.198. The summed E-state index contributed by atoms with van der Waals surface area (Å²) < 4.78 is 0.671. The number of benzene rings is 1. The van der Waals surface area contributed by atoms with Crippen molar-refractivity contribution in [3.8, 4) is 16.5 Å². The molecule has 1 amide bonds. The fraction of sp³-hybridized carbons (Fsp3) is 0.0588. The zero-order valence-corrected chi connectivity index (χ0v) is 14.6. The predicted octanol–water partition coefficient (Wildman–Crippen LogP) is 4.85. The van der Waals surface area contributed by atoms with E-state index in [0.717, 1.165) is 16.0 Å². The van der Waals surface area contributed by atoms with E-state index in [4.69, 9.17) is 28.5 Å². The van der Waals surface area contributed by atoms with Crippen LogP contribution >= 0.6 is 34.5 Å². The Balaban J connectivity index is 1.74. The van der Waals surface area contributed by atoms with Crippen LogP contribution in [0.5, 0.6) is 0 Å². The van der Waals surface area contributed by atoms with E-state index in [9.17, 15) is 4.79 Å². The highest BCUT2D eigenvalue weighted by Gasteiger charge is 2.15. The first-order chi connectivity index (χ1) is 11.6. The Labute approximate surface area is 152 Å². The van der Waals surface area contributed by atoms with Crippen LogP contribution in [-0.4, -0.2) is 10.9 Å². The van der Waals surface area contributed by atoms with Gasteiger partial charge in [-0.1, -0.05) is 29.3 Å². The Morgan fingerprint density at radius 1 is 1.25 bits per heavy atom. The van der Waals surface area contributed by atoms with Crippen molar-refractivity contribution < 1.29 is 4.79 Å². The molecule has 0 unspecified atom stereocenters. The van der Waals surface area contributed by atoms with Crippen molar-refractivity contribution in [1.82, 2.24) is 10.3 Å². The second-order valence-electron chi connectivity index (χ2n) is 5.00. The van der Waals surface area contributed by atoms with Gasteiger partial charge in [0.25, 0.3) is 5.91 Å². The van der Waals surface area contributed by atoms with Gasteiger partial charge in [-0.25, -0.2) is 0 Å². The molecule has 2 N–H and O–H groups in total. The van der Waals surface area contributed by atoms with E-state index in [0.29, 0.717) is 27.0 Å². The molecular formula is C17H11Cl2N3OS. The molecule has 24 heavy (non-hydrogen) atoms. The maximum atomic E-state index is 12.4. The Morgan fingerprint density at radius 3 is 2.75 bits per heavy atom. The van der Waals surface area contributed by atoms with E-state index in [1.165, 1.54) is 11.3 Å². The molecule has 0 spiro atoms. The van der Waals surface area contributed by atoms with Crippen LogP contribution < -0.4 is 5.32 Å². The van der Waals surface area contributed by atoms with Gasteiger partial charge in [0, 0.05) is 29.4 Å². The summed E-state index contributed by atoms with van der Waals surface area (Å²) in [7, 11) is 0. The third-order valence-corrected chi connectivity index (χ3v) is 5.01. The summed E-state index contributed by atoms with van der Waals surface area (Å²) in [6, 6.07) is 10.8. The van der Waals surface area contributed by atoms with E-state index >= 15 is 0 Å². The standard InChI is InChI=1S/C17H11Cl2N3OS/c18-14-5-10(1-2-11(14)6-20)7-22-17(23)13-9-21-8-12(13)15-3-4-16(19)24-15/h1-5,8-9,21H,7H2,(H,22,23). The molecule has 4 nitrogen and oxygen atoms in total. The lowest BCUT2D eigenvalue weighted by molar-refractivity contribution is 0.0951. The SMILES string of the molecule is N#Cc1ccc(CNC(=O)c2c[nH]cc2-c2ccc(Cl)s2)cc1Cl. The molecule has 120 valence electrons. The first-order valence-electron chi connectivity index (χ1n) is 6.97. The fourth-order valence-electron chi connectivity index (χ4n) is 2.25. The van der Waals surface area contributed by atoms with Crippen LogP contribution in [-0.2, 0) is 6.54 Å². The number of halogens is 2. The summed E-state index contributed by atoms with van der Waals surface area (Å²) in [5, 5.41) is 12.1. The molecule has 0 saturated heterocycles. The summed E-state index contributed by atoms with van der Waals surface area (Å²) in [5.74, 6) is -0.198. The fourth-order valence-corrected chi connectivity index (χ4v) is 3.57. The van der Waals surface area contributed by atoms with Crippen molar-refractivity contribution in [2.45, 2.75) is 6.54 Å². The Bertz CT molecular complexity index is 939. The van der Waals surface area contributed by atoms with E-state index in [2.05, 4.69) is 10.3 Å². The highest BCUT2D eigenvalue weighted by molar-refractivity contribution is 7.19. The number of thiophene rings is 1. The predicted molar refractivity (Wildman–Crippen MR) is 96.5 cm³/mol. The van der Waals surface area contributed by atoms with Crippen molar-refractivity contribution in [3.05, 3.63) is 68.8 Å². The first kappa shape index (κ1) is 16.6. The third-order valence-electron chi connectivity index (χ3n) is 3.44. The van der Waals surface area contributed by atoms with Gasteiger partial charge in [-0.2, -0.15) is 5.26 Å². The highest BCUT2D eigenvalue weighted by atomic mass is 35.5. The van der Waals surface area contributed by atoms with Crippen LogP contribution in [0, 0.1) is 11.3 Å². The van der Waals surface area contributed by atoms with Gasteiger partial charge in [-0.3, -0.25) is 4.79 Å². The molecule has 3 rings (SSSR count). The monoisotopic (exact) mass is 375 g/mol. The number of nitrogens with zero attached hydrogens (tertiary/aromatic N) is 1. The largest absolute Gasteiger partial charge is 0.366 e. The summed E-state index contributed by atoms with van der Waals surface area (Å²) in [6.45, 7) is 0.320. The van der Waals surface area contributed by atoms with Crippen molar-refractivity contribution in [2.24, 2.45) is 0 Å². The Kier molecular flexibility index (Phi) is 4.91. The second-order valence-corrected chi connectivity index (χ2v) is 7.12. The second kappa shape index (κ2) is 7.10. The van der Waals surface area contributed by atoms with Crippen molar-refractivity contribution in [2.75, 3.05) is 0 Å². The lowest BCUT2D eigenvalue weighted by atomic mass is 10.1. The number of amides is 1. The first-order valence-corrected chi connectivity index (χ1v) is 8.55. The van der Waals surface area contributed by atoms with Crippen molar-refractivity contribution in [1.29, 1.82) is 5.26 Å². The number of aromatic nitrogens is 1. The number of rotatable bonds is 4. The maximum absolute atomic E-state index is 12.4. The Morgan fingerprint density at radius 2 is 2.08 bits per heavy atom. The molecule has 7 heteroatoms. The molecule has 0 atom stereocenters. The van der Waals surface area contributed by atoms with E-state index in [1.54, 1.807) is 36.7 Å². The third kappa shape index (κ3) is 3.46. The molecule has 3 aromatic rings. The zero-order chi connectivity index (χ0) is 17.1. The van der Waals surface area contributed by atoms with Gasteiger partial charge < -0.3 is 10.3 Å². The van der Waals surface area contributed by atoms with Gasteiger partial charge in [0.1, 0.15) is 6.07 Å². The molecule has 2 aromatic heterocycles. The number of H-pyrrole nitrogens is 1. The van der Waals surface area contributed by atoms with E-state index in [1.807, 2.05) is 12.1 Å². The van der Waals surface area contributed by atoms with E-state index in [-0.39, 0.29) is 5.91 Å². The van der Waals surface area contributed by atoms with Crippen LogP contribution in [0.25, 0.3) is 10.4 Å². The number of carbonyl (C=O) groups excluding carboxylic acids is 1. The smallest absolute Gasteiger partial charge is 0.253 e. The van der Waals surface area contributed by atoms with Gasteiger partial charge in [0.15, 0.2) is 0 Å². The van der Waals surface area contributed by atoms with Gasteiger partial charge >= 0.3 is 0 Å². The van der Waals surface area contributed by atoms with Gasteiger partial charge in [-0.05, 0) is 29.8 Å². The van der Waals surface area contributed by atoms with Crippen LogP contribution in [0.15, 0.2) is 42.7 Å². The number of aromatic amines is 1. The molecule has 1 aromatic carbocycles. The zero-order valence-electron chi connectivity index (χ0n) is 12.3. The van der Waals surface area contributed by atoms with Crippen LogP contribution in [0.4, 0.5) is 0 Å². The Hall–Kier alpha value is -2.26. The molecule has 0 aliphatic heterocycles. The summed E-state index contributed by atoms with van der Waals surface area (Å²) >= 11 is 13.4. The summed E-state index contributed by atoms with van der Waals surface area (Å²) in [5.41, 5.74) is 2.59. The molecule has 0 fully saturated rings. The normalized spacial score (nSPS) is 10.4. The number of hydrogen-bond donors (Lipinski definition) is 2. The topological polar surface area (TPSA) is 68.7 Å². The van der Waals surface area contributed by atoms with Crippen molar-refractivity contribution >= 4 is 40.4 Å². The minimum atomic E-state index is -0.198. The number of hydrogen-bond acceptors (Lipinski definition) is 3.